The third-order valence-corrected chi connectivity index (χ3v) is 2.71. The standard InChI is InChI=1S/C11H6BrN5O/c1-14-8-4-2-7(3-5-8)10-11(12)18-9(16-10)6-15-17-13/h2-5H,6H2. The Morgan fingerprint density at radius 2 is 2.11 bits per heavy atom. The summed E-state index contributed by atoms with van der Waals surface area (Å²) in [7, 11) is 0. The molecule has 1 aromatic carbocycles. The number of hydrogen-bond donors (Lipinski definition) is 0. The number of benzene rings is 1. The molecule has 0 aliphatic carbocycles. The van der Waals surface area contributed by atoms with Gasteiger partial charge in [-0.25, -0.2) is 9.83 Å². The summed E-state index contributed by atoms with van der Waals surface area (Å²) in [4.78, 5) is 10.2. The van der Waals surface area contributed by atoms with Gasteiger partial charge in [-0.1, -0.05) is 29.4 Å². The molecule has 0 aliphatic heterocycles. The van der Waals surface area contributed by atoms with Crippen molar-refractivity contribution in [1.82, 2.24) is 4.98 Å². The minimum absolute atomic E-state index is 0.0647. The molecular formula is C11H6BrN5O. The lowest BCUT2D eigenvalue weighted by atomic mass is 10.1. The number of halogens is 1. The van der Waals surface area contributed by atoms with E-state index in [1.807, 2.05) is 0 Å². The molecule has 0 saturated heterocycles. The van der Waals surface area contributed by atoms with E-state index in [9.17, 15) is 0 Å². The Labute approximate surface area is 111 Å². The first-order chi connectivity index (χ1) is 8.74. The van der Waals surface area contributed by atoms with Gasteiger partial charge in [-0.2, -0.15) is 0 Å². The highest BCUT2D eigenvalue weighted by Gasteiger charge is 2.12. The predicted molar refractivity (Wildman–Crippen MR) is 68.8 cm³/mol. The first-order valence-electron chi connectivity index (χ1n) is 4.88. The molecule has 0 N–H and O–H groups in total. The highest BCUT2D eigenvalue weighted by atomic mass is 79.9. The minimum atomic E-state index is 0.0647. The Morgan fingerprint density at radius 1 is 1.39 bits per heavy atom. The molecule has 0 spiro atoms. The lowest BCUT2D eigenvalue weighted by molar-refractivity contribution is 0.478. The SMILES string of the molecule is [C-]#[N+]c1ccc(-c2nc(CN=[N+]=[N-])oc2Br)cc1. The summed E-state index contributed by atoms with van der Waals surface area (Å²) >= 11 is 3.26. The monoisotopic (exact) mass is 303 g/mol. The molecule has 0 unspecified atom stereocenters. The van der Waals surface area contributed by atoms with Crippen molar-refractivity contribution in [2.75, 3.05) is 0 Å². The Morgan fingerprint density at radius 3 is 2.72 bits per heavy atom. The van der Waals surface area contributed by atoms with E-state index in [0.29, 0.717) is 21.9 Å². The third-order valence-electron chi connectivity index (χ3n) is 2.17. The van der Waals surface area contributed by atoms with Crippen LogP contribution in [-0.2, 0) is 6.54 Å². The Hall–Kier alpha value is -2.29. The Balaban J connectivity index is 2.35. The van der Waals surface area contributed by atoms with E-state index in [4.69, 9.17) is 16.5 Å². The minimum Gasteiger partial charge on any atom is -0.433 e. The molecule has 0 amide bonds. The van der Waals surface area contributed by atoms with Gasteiger partial charge < -0.3 is 4.42 Å². The zero-order valence-corrected chi connectivity index (χ0v) is 10.6. The van der Waals surface area contributed by atoms with Gasteiger partial charge in [-0.3, -0.25) is 0 Å². The van der Waals surface area contributed by atoms with Gasteiger partial charge >= 0.3 is 0 Å². The van der Waals surface area contributed by atoms with Crippen LogP contribution in [0.5, 0.6) is 0 Å². The Kier molecular flexibility index (Phi) is 3.63. The molecule has 7 heteroatoms. The molecule has 0 saturated carbocycles. The summed E-state index contributed by atoms with van der Waals surface area (Å²) < 4.78 is 5.78. The van der Waals surface area contributed by atoms with Gasteiger partial charge in [-0.05, 0) is 21.5 Å². The zero-order valence-electron chi connectivity index (χ0n) is 9.04. The fourth-order valence-electron chi connectivity index (χ4n) is 1.37. The van der Waals surface area contributed by atoms with Crippen LogP contribution in [0.25, 0.3) is 26.5 Å². The van der Waals surface area contributed by atoms with Gasteiger partial charge in [-0.15, -0.1) is 0 Å². The van der Waals surface area contributed by atoms with Crippen LogP contribution >= 0.6 is 15.9 Å². The maximum Gasteiger partial charge on any atom is 0.202 e. The van der Waals surface area contributed by atoms with Crippen LogP contribution in [0, 0.1) is 6.57 Å². The van der Waals surface area contributed by atoms with Crippen molar-refractivity contribution in [3.63, 3.8) is 0 Å². The molecule has 0 aliphatic rings. The highest BCUT2D eigenvalue weighted by Crippen LogP contribution is 2.30. The maximum absolute atomic E-state index is 8.23. The van der Waals surface area contributed by atoms with Crippen LogP contribution in [0.3, 0.4) is 0 Å². The number of azide groups is 1. The molecule has 0 bridgehead atoms. The molecule has 2 aromatic rings. The normalized spacial score (nSPS) is 9.56. The van der Waals surface area contributed by atoms with E-state index in [-0.39, 0.29) is 6.54 Å². The molecule has 1 heterocycles. The van der Waals surface area contributed by atoms with Gasteiger partial charge in [0.05, 0.1) is 6.57 Å². The van der Waals surface area contributed by atoms with Crippen LogP contribution < -0.4 is 0 Å². The van der Waals surface area contributed by atoms with Gasteiger partial charge in [0, 0.05) is 10.5 Å². The quantitative estimate of drug-likeness (QED) is 0.363. The van der Waals surface area contributed by atoms with Crippen molar-refractivity contribution >= 4 is 21.6 Å². The largest absolute Gasteiger partial charge is 0.433 e. The van der Waals surface area contributed by atoms with E-state index in [1.54, 1.807) is 24.3 Å². The molecule has 0 atom stereocenters. The van der Waals surface area contributed by atoms with Crippen molar-refractivity contribution in [2.45, 2.75) is 6.54 Å². The molecule has 2 rings (SSSR count). The van der Waals surface area contributed by atoms with Crippen LogP contribution in [-0.4, -0.2) is 4.98 Å². The maximum atomic E-state index is 8.23. The van der Waals surface area contributed by atoms with Crippen LogP contribution in [0.4, 0.5) is 5.69 Å². The van der Waals surface area contributed by atoms with Crippen LogP contribution in [0.1, 0.15) is 5.89 Å². The predicted octanol–water partition coefficient (Wildman–Crippen LogP) is 4.47. The molecule has 0 fully saturated rings. The second kappa shape index (κ2) is 5.36. The average Bonchev–Trinajstić information content (AvgIpc) is 2.78. The molecule has 6 nitrogen and oxygen atoms in total. The van der Waals surface area contributed by atoms with E-state index in [1.165, 1.54) is 0 Å². The molecule has 18 heavy (non-hydrogen) atoms. The lowest BCUT2D eigenvalue weighted by Gasteiger charge is -1.96. The zero-order chi connectivity index (χ0) is 13.0. The first-order valence-corrected chi connectivity index (χ1v) is 5.68. The highest BCUT2D eigenvalue weighted by molar-refractivity contribution is 9.10. The van der Waals surface area contributed by atoms with Crippen molar-refractivity contribution in [3.05, 3.63) is 56.7 Å². The fraction of sp³-hybridized carbons (Fsp3) is 0.0909. The van der Waals surface area contributed by atoms with Crippen molar-refractivity contribution in [2.24, 2.45) is 5.11 Å². The number of oxazole rings is 1. The third kappa shape index (κ3) is 2.51. The van der Waals surface area contributed by atoms with E-state index < -0.39 is 0 Å². The lowest BCUT2D eigenvalue weighted by Crippen LogP contribution is -1.81. The first kappa shape index (κ1) is 12.2. The van der Waals surface area contributed by atoms with Gasteiger partial charge in [0.1, 0.15) is 12.2 Å². The molecular weight excluding hydrogens is 298 g/mol. The number of aromatic nitrogens is 1. The number of hydrogen-bond acceptors (Lipinski definition) is 3. The fourth-order valence-corrected chi connectivity index (χ4v) is 1.88. The van der Waals surface area contributed by atoms with Crippen molar-refractivity contribution < 1.29 is 4.42 Å². The van der Waals surface area contributed by atoms with Gasteiger partial charge in [0.25, 0.3) is 0 Å². The van der Waals surface area contributed by atoms with Gasteiger partial charge in [0.2, 0.25) is 5.89 Å². The average molecular weight is 304 g/mol. The number of rotatable bonds is 3. The Bertz CT molecular complexity index is 649. The summed E-state index contributed by atoms with van der Waals surface area (Å²) in [5.41, 5.74) is 10.2. The number of nitrogens with zero attached hydrogens (tertiary/aromatic N) is 5. The summed E-state index contributed by atoms with van der Waals surface area (Å²) in [6, 6.07) is 6.98. The summed E-state index contributed by atoms with van der Waals surface area (Å²) in [6.07, 6.45) is 0. The van der Waals surface area contributed by atoms with Crippen LogP contribution in [0.2, 0.25) is 0 Å². The summed E-state index contributed by atoms with van der Waals surface area (Å²) in [6.45, 7) is 6.94. The topological polar surface area (TPSA) is 79.2 Å². The van der Waals surface area contributed by atoms with E-state index >= 15 is 0 Å². The smallest absolute Gasteiger partial charge is 0.202 e. The van der Waals surface area contributed by atoms with E-state index in [2.05, 4.69) is 35.8 Å². The second-order valence-electron chi connectivity index (χ2n) is 3.28. The second-order valence-corrected chi connectivity index (χ2v) is 4.00. The van der Waals surface area contributed by atoms with Crippen molar-refractivity contribution in [3.8, 4) is 11.3 Å². The van der Waals surface area contributed by atoms with Gasteiger partial charge in [0.15, 0.2) is 10.4 Å². The van der Waals surface area contributed by atoms with Crippen LogP contribution in [0.15, 0.2) is 38.5 Å². The summed E-state index contributed by atoms with van der Waals surface area (Å²) in [5, 5.41) is 3.38. The van der Waals surface area contributed by atoms with Crippen molar-refractivity contribution in [1.29, 1.82) is 0 Å². The molecule has 1 aromatic heterocycles. The molecule has 0 radical (unpaired) electrons. The molecule has 88 valence electrons. The summed E-state index contributed by atoms with van der Waals surface area (Å²) in [5.74, 6) is 0.337. The van der Waals surface area contributed by atoms with E-state index in [0.717, 1.165) is 5.56 Å².